The average Bonchev–Trinajstić information content (AvgIpc) is 3.34. The van der Waals surface area contributed by atoms with Crippen LogP contribution in [0.15, 0.2) is 109 Å². The summed E-state index contributed by atoms with van der Waals surface area (Å²) >= 11 is 1.55. The number of benzene rings is 4. The van der Waals surface area contributed by atoms with Crippen molar-refractivity contribution in [3.8, 4) is 11.3 Å². The molecule has 0 unspecified atom stereocenters. The highest BCUT2D eigenvalue weighted by Gasteiger charge is 2.24. The van der Waals surface area contributed by atoms with Gasteiger partial charge in [0.2, 0.25) is 0 Å². The molecule has 0 saturated heterocycles. The summed E-state index contributed by atoms with van der Waals surface area (Å²) < 4.78 is 1.07. The number of carbonyl (C=O) groups is 1. The standard InChI is InChI=1S/C31H23N3OS/c1-21-16-17-27-29(18-21)36-31(33-27)34(20-22-10-4-2-5-11-22)30(35)25-19-28(23-12-6-3-7-13-23)32-26-15-9-8-14-24(25)26/h2-19H,20H2,1H3. The van der Waals surface area contributed by atoms with E-state index in [9.17, 15) is 4.79 Å². The molecule has 0 bridgehead atoms. The minimum atomic E-state index is -0.0922. The van der Waals surface area contributed by atoms with E-state index in [1.165, 1.54) is 5.56 Å². The number of amides is 1. The maximum Gasteiger partial charge on any atom is 0.261 e. The van der Waals surface area contributed by atoms with Gasteiger partial charge >= 0.3 is 0 Å². The van der Waals surface area contributed by atoms with Crippen molar-refractivity contribution < 1.29 is 4.79 Å². The molecule has 1 amide bonds. The lowest BCUT2D eigenvalue weighted by Gasteiger charge is -2.21. The fourth-order valence-corrected chi connectivity index (χ4v) is 5.44. The van der Waals surface area contributed by atoms with Gasteiger partial charge in [0.15, 0.2) is 5.13 Å². The molecule has 174 valence electrons. The Morgan fingerprint density at radius 1 is 0.778 bits per heavy atom. The third-order valence-electron chi connectivity index (χ3n) is 6.21. The summed E-state index contributed by atoms with van der Waals surface area (Å²) in [4.78, 5) is 25.9. The zero-order chi connectivity index (χ0) is 24.5. The van der Waals surface area contributed by atoms with Crippen molar-refractivity contribution in [3.05, 3.63) is 126 Å². The van der Waals surface area contributed by atoms with E-state index >= 15 is 0 Å². The number of thiazole rings is 1. The maximum atomic E-state index is 14.4. The normalized spacial score (nSPS) is 11.1. The summed E-state index contributed by atoms with van der Waals surface area (Å²) in [6.07, 6.45) is 0. The highest BCUT2D eigenvalue weighted by atomic mass is 32.1. The fourth-order valence-electron chi connectivity index (χ4n) is 4.38. The number of aromatic nitrogens is 2. The molecule has 0 N–H and O–H groups in total. The van der Waals surface area contributed by atoms with Crippen molar-refractivity contribution >= 4 is 43.5 Å². The van der Waals surface area contributed by atoms with E-state index in [-0.39, 0.29) is 5.91 Å². The van der Waals surface area contributed by atoms with Gasteiger partial charge in [-0.1, -0.05) is 96.3 Å². The number of carbonyl (C=O) groups excluding carboxylic acids is 1. The Hall–Kier alpha value is -4.35. The first-order valence-electron chi connectivity index (χ1n) is 11.8. The van der Waals surface area contributed by atoms with Gasteiger partial charge in [-0.05, 0) is 42.3 Å². The number of anilines is 1. The molecule has 0 aliphatic heterocycles. The number of rotatable bonds is 5. The van der Waals surface area contributed by atoms with Crippen LogP contribution in [0.1, 0.15) is 21.5 Å². The van der Waals surface area contributed by atoms with E-state index < -0.39 is 0 Å². The smallest absolute Gasteiger partial charge is 0.261 e. The second kappa shape index (κ2) is 9.36. The Labute approximate surface area is 213 Å². The quantitative estimate of drug-likeness (QED) is 0.252. The maximum absolute atomic E-state index is 14.4. The molecule has 0 radical (unpaired) electrons. The van der Waals surface area contributed by atoms with Crippen LogP contribution in [0.5, 0.6) is 0 Å². The lowest BCUT2D eigenvalue weighted by Crippen LogP contribution is -2.30. The Morgan fingerprint density at radius 3 is 2.31 bits per heavy atom. The number of fused-ring (bicyclic) bond motifs is 2. The molecule has 6 aromatic rings. The predicted molar refractivity (Wildman–Crippen MR) is 148 cm³/mol. The Kier molecular flexibility index (Phi) is 5.76. The van der Waals surface area contributed by atoms with Crippen LogP contribution in [0, 0.1) is 6.92 Å². The lowest BCUT2D eigenvalue weighted by molar-refractivity contribution is 0.0986. The van der Waals surface area contributed by atoms with Crippen LogP contribution in [-0.4, -0.2) is 15.9 Å². The van der Waals surface area contributed by atoms with Crippen molar-refractivity contribution in [2.45, 2.75) is 13.5 Å². The number of hydrogen-bond donors (Lipinski definition) is 0. The van der Waals surface area contributed by atoms with Gasteiger partial charge in [0.05, 0.1) is 33.5 Å². The van der Waals surface area contributed by atoms with Crippen molar-refractivity contribution in [1.29, 1.82) is 0 Å². The molecular formula is C31H23N3OS. The molecular weight excluding hydrogens is 462 g/mol. The molecule has 4 nitrogen and oxygen atoms in total. The van der Waals surface area contributed by atoms with Crippen LogP contribution in [0.2, 0.25) is 0 Å². The van der Waals surface area contributed by atoms with Gasteiger partial charge in [-0.3, -0.25) is 9.69 Å². The molecule has 0 aliphatic rings. The number of para-hydroxylation sites is 1. The van der Waals surface area contributed by atoms with Gasteiger partial charge in [-0.15, -0.1) is 0 Å². The predicted octanol–water partition coefficient (Wildman–Crippen LogP) is 7.67. The third kappa shape index (κ3) is 4.25. The van der Waals surface area contributed by atoms with Crippen molar-refractivity contribution in [2.75, 3.05) is 4.90 Å². The Morgan fingerprint density at radius 2 is 1.50 bits per heavy atom. The molecule has 0 fully saturated rings. The van der Waals surface area contributed by atoms with Gasteiger partial charge in [0.1, 0.15) is 0 Å². The Bertz CT molecular complexity index is 1690. The van der Waals surface area contributed by atoms with Gasteiger partial charge in [-0.25, -0.2) is 9.97 Å². The molecule has 4 aromatic carbocycles. The summed E-state index contributed by atoms with van der Waals surface area (Å²) in [5.41, 5.74) is 6.28. The van der Waals surface area contributed by atoms with E-state index in [1.807, 2.05) is 97.1 Å². The average molecular weight is 486 g/mol. The van der Waals surface area contributed by atoms with Gasteiger partial charge in [-0.2, -0.15) is 0 Å². The van der Waals surface area contributed by atoms with Gasteiger partial charge < -0.3 is 0 Å². The van der Waals surface area contributed by atoms with Gasteiger partial charge in [0, 0.05) is 10.9 Å². The van der Waals surface area contributed by atoms with E-state index in [2.05, 4.69) is 19.1 Å². The molecule has 36 heavy (non-hydrogen) atoms. The second-order valence-electron chi connectivity index (χ2n) is 8.78. The number of pyridine rings is 1. The van der Waals surface area contributed by atoms with Crippen LogP contribution >= 0.6 is 11.3 Å². The SMILES string of the molecule is Cc1ccc2nc(N(Cc3ccccc3)C(=O)c3cc(-c4ccccc4)nc4ccccc34)sc2c1. The zero-order valence-corrected chi connectivity index (χ0v) is 20.6. The highest BCUT2D eigenvalue weighted by Crippen LogP contribution is 2.33. The summed E-state index contributed by atoms with van der Waals surface area (Å²) in [7, 11) is 0. The second-order valence-corrected chi connectivity index (χ2v) is 9.79. The minimum absolute atomic E-state index is 0.0922. The summed E-state index contributed by atoms with van der Waals surface area (Å²) in [5, 5.41) is 1.52. The van der Waals surface area contributed by atoms with Crippen molar-refractivity contribution in [2.24, 2.45) is 0 Å². The monoisotopic (exact) mass is 485 g/mol. The molecule has 5 heteroatoms. The number of hydrogen-bond acceptors (Lipinski definition) is 4. The highest BCUT2D eigenvalue weighted by molar-refractivity contribution is 7.22. The summed E-state index contributed by atoms with van der Waals surface area (Å²) in [6.45, 7) is 2.50. The first kappa shape index (κ1) is 22.1. The molecule has 2 aromatic heterocycles. The lowest BCUT2D eigenvalue weighted by atomic mass is 10.0. The van der Waals surface area contributed by atoms with E-state index in [0.717, 1.165) is 37.9 Å². The van der Waals surface area contributed by atoms with E-state index in [0.29, 0.717) is 17.2 Å². The van der Waals surface area contributed by atoms with E-state index in [1.54, 1.807) is 16.2 Å². The fraction of sp³-hybridized carbons (Fsp3) is 0.0645. The minimum Gasteiger partial charge on any atom is -0.279 e. The van der Waals surface area contributed by atoms with Crippen LogP contribution in [-0.2, 0) is 6.54 Å². The van der Waals surface area contributed by atoms with Crippen LogP contribution in [0.3, 0.4) is 0 Å². The molecule has 6 rings (SSSR count). The molecule has 0 spiro atoms. The Balaban J connectivity index is 1.52. The van der Waals surface area contributed by atoms with Crippen molar-refractivity contribution in [1.82, 2.24) is 9.97 Å². The summed E-state index contributed by atoms with van der Waals surface area (Å²) in [6, 6.07) is 36.0. The van der Waals surface area contributed by atoms with Crippen molar-refractivity contribution in [3.63, 3.8) is 0 Å². The van der Waals surface area contributed by atoms with Crippen LogP contribution in [0.25, 0.3) is 32.4 Å². The largest absolute Gasteiger partial charge is 0.279 e. The topological polar surface area (TPSA) is 46.1 Å². The van der Waals surface area contributed by atoms with Crippen LogP contribution < -0.4 is 4.90 Å². The van der Waals surface area contributed by atoms with E-state index in [4.69, 9.17) is 9.97 Å². The number of nitrogens with zero attached hydrogens (tertiary/aromatic N) is 3. The van der Waals surface area contributed by atoms with Gasteiger partial charge in [0.25, 0.3) is 5.91 Å². The first-order chi connectivity index (χ1) is 17.7. The molecule has 2 heterocycles. The third-order valence-corrected chi connectivity index (χ3v) is 7.25. The summed E-state index contributed by atoms with van der Waals surface area (Å²) in [5.74, 6) is -0.0922. The molecule has 0 saturated carbocycles. The van der Waals surface area contributed by atoms with Crippen LogP contribution in [0.4, 0.5) is 5.13 Å². The number of aryl methyl sites for hydroxylation is 1. The molecule has 0 atom stereocenters. The molecule has 0 aliphatic carbocycles. The first-order valence-corrected chi connectivity index (χ1v) is 12.7. The zero-order valence-electron chi connectivity index (χ0n) is 19.8.